The van der Waals surface area contributed by atoms with Crippen LogP contribution in [-0.4, -0.2) is 25.1 Å². The van der Waals surface area contributed by atoms with E-state index >= 15 is 0 Å². The molecule has 0 bridgehead atoms. The van der Waals surface area contributed by atoms with E-state index in [0.29, 0.717) is 12.6 Å². The maximum Gasteiger partial charge on any atom is 0.0471 e. The average molecular weight is 273 g/mol. The second kappa shape index (κ2) is 7.14. The Morgan fingerprint density at radius 3 is 2.76 bits per heavy atom. The molecule has 0 aliphatic heterocycles. The standard InChI is InChI=1S/C13H21ClN2S/c1-10(7-8-17-3)16(2)13-6-4-5-12(14)11(13)9-15/h4-6,10H,7-9,15H2,1-3H3. The summed E-state index contributed by atoms with van der Waals surface area (Å²) in [5.74, 6) is 1.17. The minimum absolute atomic E-state index is 0.481. The van der Waals surface area contributed by atoms with Crippen molar-refractivity contribution in [2.24, 2.45) is 5.73 Å². The number of hydrogen-bond acceptors (Lipinski definition) is 3. The van der Waals surface area contributed by atoms with Gasteiger partial charge in [0.1, 0.15) is 0 Å². The summed E-state index contributed by atoms with van der Waals surface area (Å²) in [6.45, 7) is 2.71. The van der Waals surface area contributed by atoms with Crippen LogP contribution in [0.3, 0.4) is 0 Å². The van der Waals surface area contributed by atoms with Crippen molar-refractivity contribution in [3.63, 3.8) is 0 Å². The molecule has 0 saturated heterocycles. The topological polar surface area (TPSA) is 29.3 Å². The van der Waals surface area contributed by atoms with E-state index in [1.165, 1.54) is 5.75 Å². The van der Waals surface area contributed by atoms with E-state index in [1.54, 1.807) is 0 Å². The lowest BCUT2D eigenvalue weighted by Gasteiger charge is -2.29. The minimum Gasteiger partial charge on any atom is -0.372 e. The maximum atomic E-state index is 6.17. The van der Waals surface area contributed by atoms with Crippen molar-refractivity contribution in [3.8, 4) is 0 Å². The van der Waals surface area contributed by atoms with E-state index in [9.17, 15) is 0 Å². The van der Waals surface area contributed by atoms with E-state index < -0.39 is 0 Å². The highest BCUT2D eigenvalue weighted by atomic mass is 35.5. The lowest BCUT2D eigenvalue weighted by atomic mass is 10.1. The summed E-state index contributed by atoms with van der Waals surface area (Å²) in [4.78, 5) is 2.27. The van der Waals surface area contributed by atoms with Gasteiger partial charge in [0, 0.05) is 35.9 Å². The predicted octanol–water partition coefficient (Wildman–Crippen LogP) is 3.38. The van der Waals surface area contributed by atoms with Crippen LogP contribution in [0.15, 0.2) is 18.2 Å². The minimum atomic E-state index is 0.481. The third kappa shape index (κ3) is 3.80. The highest BCUT2D eigenvalue weighted by Gasteiger charge is 2.14. The van der Waals surface area contributed by atoms with Crippen molar-refractivity contribution in [2.75, 3.05) is 24.0 Å². The lowest BCUT2D eigenvalue weighted by molar-refractivity contribution is 0.666. The van der Waals surface area contributed by atoms with Gasteiger partial charge >= 0.3 is 0 Å². The van der Waals surface area contributed by atoms with E-state index in [1.807, 2.05) is 23.9 Å². The van der Waals surface area contributed by atoms with Crippen LogP contribution in [-0.2, 0) is 6.54 Å². The quantitative estimate of drug-likeness (QED) is 0.861. The Morgan fingerprint density at radius 2 is 2.18 bits per heavy atom. The number of halogens is 1. The fraction of sp³-hybridized carbons (Fsp3) is 0.538. The van der Waals surface area contributed by atoms with Crippen LogP contribution in [0, 0.1) is 0 Å². The van der Waals surface area contributed by atoms with Crippen molar-refractivity contribution in [2.45, 2.75) is 25.9 Å². The summed E-state index contributed by atoms with van der Waals surface area (Å²) < 4.78 is 0. The van der Waals surface area contributed by atoms with Crippen LogP contribution in [0.1, 0.15) is 18.9 Å². The molecular weight excluding hydrogens is 252 g/mol. The van der Waals surface area contributed by atoms with Crippen molar-refractivity contribution in [1.82, 2.24) is 0 Å². The molecule has 17 heavy (non-hydrogen) atoms. The molecule has 1 unspecified atom stereocenters. The van der Waals surface area contributed by atoms with Gasteiger partial charge in [0.05, 0.1) is 0 Å². The normalized spacial score (nSPS) is 12.5. The smallest absolute Gasteiger partial charge is 0.0471 e. The van der Waals surface area contributed by atoms with Crippen LogP contribution >= 0.6 is 23.4 Å². The number of rotatable bonds is 6. The molecule has 0 fully saturated rings. The molecule has 0 aliphatic rings. The lowest BCUT2D eigenvalue weighted by Crippen LogP contribution is -2.30. The highest BCUT2D eigenvalue weighted by Crippen LogP contribution is 2.28. The Labute approximate surface area is 114 Å². The van der Waals surface area contributed by atoms with Crippen LogP contribution in [0.5, 0.6) is 0 Å². The van der Waals surface area contributed by atoms with Crippen LogP contribution in [0.2, 0.25) is 5.02 Å². The highest BCUT2D eigenvalue weighted by molar-refractivity contribution is 7.98. The van der Waals surface area contributed by atoms with Gasteiger partial charge in [0.2, 0.25) is 0 Å². The first-order valence-electron chi connectivity index (χ1n) is 5.81. The van der Waals surface area contributed by atoms with E-state index in [0.717, 1.165) is 22.7 Å². The van der Waals surface area contributed by atoms with Gasteiger partial charge in [-0.3, -0.25) is 0 Å². The first kappa shape index (κ1) is 14.7. The van der Waals surface area contributed by atoms with Crippen molar-refractivity contribution in [3.05, 3.63) is 28.8 Å². The van der Waals surface area contributed by atoms with Crippen molar-refractivity contribution >= 4 is 29.1 Å². The third-order valence-electron chi connectivity index (χ3n) is 3.08. The van der Waals surface area contributed by atoms with Crippen LogP contribution in [0.25, 0.3) is 0 Å². The Morgan fingerprint density at radius 1 is 1.47 bits per heavy atom. The summed E-state index contributed by atoms with van der Waals surface area (Å²) in [7, 11) is 2.11. The maximum absolute atomic E-state index is 6.17. The second-order valence-electron chi connectivity index (χ2n) is 4.18. The summed E-state index contributed by atoms with van der Waals surface area (Å²) in [6, 6.07) is 6.46. The molecule has 0 amide bonds. The molecule has 96 valence electrons. The van der Waals surface area contributed by atoms with Gasteiger partial charge in [0.15, 0.2) is 0 Å². The van der Waals surface area contributed by atoms with Crippen molar-refractivity contribution < 1.29 is 0 Å². The molecule has 0 aromatic heterocycles. The Hall–Kier alpha value is -0.380. The fourth-order valence-corrected chi connectivity index (χ4v) is 2.62. The molecule has 4 heteroatoms. The largest absolute Gasteiger partial charge is 0.372 e. The number of nitrogens with zero attached hydrogens (tertiary/aromatic N) is 1. The molecule has 1 aromatic rings. The molecule has 2 nitrogen and oxygen atoms in total. The zero-order valence-corrected chi connectivity index (χ0v) is 12.3. The average Bonchev–Trinajstić information content (AvgIpc) is 2.34. The molecule has 2 N–H and O–H groups in total. The molecule has 0 aliphatic carbocycles. The Balaban J connectivity index is 2.87. The zero-order valence-electron chi connectivity index (χ0n) is 10.7. The van der Waals surface area contributed by atoms with Gasteiger partial charge in [-0.25, -0.2) is 0 Å². The summed E-state index contributed by atoms with van der Waals surface area (Å²) in [5.41, 5.74) is 7.96. The number of nitrogens with two attached hydrogens (primary N) is 1. The third-order valence-corrected chi connectivity index (χ3v) is 4.08. The molecule has 1 atom stereocenters. The van der Waals surface area contributed by atoms with E-state index in [2.05, 4.69) is 31.2 Å². The van der Waals surface area contributed by atoms with E-state index in [4.69, 9.17) is 17.3 Å². The number of benzene rings is 1. The summed E-state index contributed by atoms with van der Waals surface area (Å²) >= 11 is 8.05. The van der Waals surface area contributed by atoms with E-state index in [-0.39, 0.29) is 0 Å². The van der Waals surface area contributed by atoms with Crippen LogP contribution in [0.4, 0.5) is 5.69 Å². The monoisotopic (exact) mass is 272 g/mol. The number of thioether (sulfide) groups is 1. The summed E-state index contributed by atoms with van der Waals surface area (Å²) in [5, 5.41) is 0.758. The SMILES string of the molecule is CSCCC(C)N(C)c1cccc(Cl)c1CN. The van der Waals surface area contributed by atoms with Gasteiger partial charge in [-0.05, 0) is 37.5 Å². The van der Waals surface area contributed by atoms with Crippen LogP contribution < -0.4 is 10.6 Å². The molecule has 0 radical (unpaired) electrons. The molecule has 1 rings (SSSR count). The fourth-order valence-electron chi connectivity index (χ4n) is 1.80. The molecular formula is C13H21ClN2S. The number of hydrogen-bond donors (Lipinski definition) is 1. The van der Waals surface area contributed by atoms with Gasteiger partial charge in [-0.1, -0.05) is 17.7 Å². The molecule has 0 saturated carbocycles. The predicted molar refractivity (Wildman–Crippen MR) is 80.2 cm³/mol. The molecule has 0 heterocycles. The zero-order chi connectivity index (χ0) is 12.8. The van der Waals surface area contributed by atoms with Gasteiger partial charge in [-0.15, -0.1) is 0 Å². The second-order valence-corrected chi connectivity index (χ2v) is 5.58. The van der Waals surface area contributed by atoms with Gasteiger partial charge in [-0.2, -0.15) is 11.8 Å². The van der Waals surface area contributed by atoms with Gasteiger partial charge < -0.3 is 10.6 Å². The van der Waals surface area contributed by atoms with Gasteiger partial charge in [0.25, 0.3) is 0 Å². The Kier molecular flexibility index (Phi) is 6.17. The first-order chi connectivity index (χ1) is 8.11. The summed E-state index contributed by atoms with van der Waals surface area (Å²) in [6.07, 6.45) is 3.30. The van der Waals surface area contributed by atoms with Crippen molar-refractivity contribution in [1.29, 1.82) is 0 Å². The molecule has 1 aromatic carbocycles. The number of anilines is 1. The molecule has 0 spiro atoms. The Bertz CT molecular complexity index is 357. The first-order valence-corrected chi connectivity index (χ1v) is 7.58.